The molecule has 1 heterocycles. The predicted octanol–water partition coefficient (Wildman–Crippen LogP) is 2.55. The second-order valence-corrected chi connectivity index (χ2v) is 6.08. The topological polar surface area (TPSA) is 54.9 Å². The molecular formula is C10H13N3OS2. The molecule has 6 heteroatoms. The lowest BCUT2D eigenvalue weighted by atomic mass is 10.4. The summed E-state index contributed by atoms with van der Waals surface area (Å²) in [4.78, 5) is 11.5. The first-order valence-corrected chi connectivity index (χ1v) is 6.87. The van der Waals surface area contributed by atoms with Gasteiger partial charge in [0.25, 0.3) is 0 Å². The second-order valence-electron chi connectivity index (χ2n) is 3.88. The molecule has 1 saturated carbocycles. The second kappa shape index (κ2) is 4.97. The number of aromatic nitrogens is 2. The van der Waals surface area contributed by atoms with Gasteiger partial charge in [-0.3, -0.25) is 4.79 Å². The molecule has 1 aromatic rings. The highest BCUT2D eigenvalue weighted by Crippen LogP contribution is 2.32. The molecule has 1 aromatic heterocycles. The van der Waals surface area contributed by atoms with Crippen LogP contribution in [0.2, 0.25) is 0 Å². The van der Waals surface area contributed by atoms with E-state index in [9.17, 15) is 4.79 Å². The third-order valence-electron chi connectivity index (χ3n) is 2.03. The van der Waals surface area contributed by atoms with Crippen LogP contribution in [0.4, 0.5) is 5.13 Å². The van der Waals surface area contributed by atoms with Gasteiger partial charge in [-0.25, -0.2) is 0 Å². The Bertz CT molecular complexity index is 412. The quantitative estimate of drug-likeness (QED) is 0.499. The predicted molar refractivity (Wildman–Crippen MR) is 66.8 cm³/mol. The van der Waals surface area contributed by atoms with E-state index in [4.69, 9.17) is 0 Å². The molecule has 1 amide bonds. The summed E-state index contributed by atoms with van der Waals surface area (Å²) in [5.74, 6) is 1.12. The number of anilines is 1. The van der Waals surface area contributed by atoms with Crippen LogP contribution in [0.3, 0.4) is 0 Å². The summed E-state index contributed by atoms with van der Waals surface area (Å²) < 4.78 is 0.870. The minimum absolute atomic E-state index is 0.0765. The van der Waals surface area contributed by atoms with Crippen molar-refractivity contribution in [2.24, 2.45) is 5.92 Å². The highest BCUT2D eigenvalue weighted by atomic mass is 32.2. The van der Waals surface area contributed by atoms with Crippen molar-refractivity contribution in [1.29, 1.82) is 0 Å². The number of hydrogen-bond donors (Lipinski definition) is 1. The van der Waals surface area contributed by atoms with Gasteiger partial charge in [0, 0.05) is 11.7 Å². The molecule has 86 valence electrons. The number of hydrogen-bond acceptors (Lipinski definition) is 5. The Kier molecular flexibility index (Phi) is 3.60. The Morgan fingerprint density at radius 1 is 1.62 bits per heavy atom. The highest BCUT2D eigenvalue weighted by Gasteiger charge is 2.30. The van der Waals surface area contributed by atoms with Crippen molar-refractivity contribution in [2.75, 3.05) is 11.1 Å². The Morgan fingerprint density at radius 2 is 2.38 bits per heavy atom. The molecule has 0 aromatic carbocycles. The van der Waals surface area contributed by atoms with E-state index < -0.39 is 0 Å². The number of nitrogens with one attached hydrogen (secondary N) is 1. The molecule has 0 unspecified atom stereocenters. The first-order valence-electron chi connectivity index (χ1n) is 5.06. The van der Waals surface area contributed by atoms with E-state index in [1.165, 1.54) is 11.3 Å². The summed E-state index contributed by atoms with van der Waals surface area (Å²) >= 11 is 3.01. The van der Waals surface area contributed by atoms with Crippen LogP contribution in [0.15, 0.2) is 16.5 Å². The fourth-order valence-electron chi connectivity index (χ4n) is 1.06. The third-order valence-corrected chi connectivity index (χ3v) is 4.23. The molecule has 2 rings (SSSR count). The maximum atomic E-state index is 11.5. The van der Waals surface area contributed by atoms with Gasteiger partial charge in [-0.2, -0.15) is 0 Å². The van der Waals surface area contributed by atoms with Crippen molar-refractivity contribution in [1.82, 2.24) is 10.2 Å². The van der Waals surface area contributed by atoms with E-state index in [1.54, 1.807) is 11.8 Å². The Morgan fingerprint density at radius 3 is 3.00 bits per heavy atom. The molecule has 4 nitrogen and oxygen atoms in total. The monoisotopic (exact) mass is 255 g/mol. The summed E-state index contributed by atoms with van der Waals surface area (Å²) in [6.07, 6.45) is 2.00. The molecule has 0 atom stereocenters. The summed E-state index contributed by atoms with van der Waals surface area (Å²) in [6.45, 7) is 5.80. The van der Waals surface area contributed by atoms with E-state index in [-0.39, 0.29) is 11.8 Å². The van der Waals surface area contributed by atoms with Crippen LogP contribution in [0.1, 0.15) is 19.8 Å². The van der Waals surface area contributed by atoms with Crippen molar-refractivity contribution in [3.8, 4) is 0 Å². The van der Waals surface area contributed by atoms with Crippen molar-refractivity contribution in [3.05, 3.63) is 12.2 Å². The molecular weight excluding hydrogens is 242 g/mol. The normalized spacial score (nSPS) is 14.8. The van der Waals surface area contributed by atoms with Crippen LogP contribution in [-0.2, 0) is 4.79 Å². The van der Waals surface area contributed by atoms with Crippen molar-refractivity contribution >= 4 is 34.1 Å². The first-order chi connectivity index (χ1) is 7.65. The molecule has 0 aliphatic heterocycles. The van der Waals surface area contributed by atoms with Crippen LogP contribution in [0, 0.1) is 5.92 Å². The van der Waals surface area contributed by atoms with Gasteiger partial charge >= 0.3 is 0 Å². The number of rotatable bonds is 5. The zero-order valence-corrected chi connectivity index (χ0v) is 10.7. The Hall–Kier alpha value is -0.880. The Balaban J connectivity index is 1.86. The van der Waals surface area contributed by atoms with Gasteiger partial charge in [-0.1, -0.05) is 35.3 Å². The zero-order chi connectivity index (χ0) is 11.5. The third kappa shape index (κ3) is 3.31. The van der Waals surface area contributed by atoms with Crippen LogP contribution in [0.5, 0.6) is 0 Å². The lowest BCUT2D eigenvalue weighted by molar-refractivity contribution is -0.117. The summed E-state index contributed by atoms with van der Waals surface area (Å²) in [5.41, 5.74) is 1.10. The van der Waals surface area contributed by atoms with E-state index >= 15 is 0 Å². The first kappa shape index (κ1) is 11.6. The van der Waals surface area contributed by atoms with E-state index in [2.05, 4.69) is 22.1 Å². The van der Waals surface area contributed by atoms with Gasteiger partial charge in [-0.15, -0.1) is 10.2 Å². The molecule has 0 saturated heterocycles. The molecule has 1 aliphatic carbocycles. The van der Waals surface area contributed by atoms with Crippen LogP contribution >= 0.6 is 23.1 Å². The van der Waals surface area contributed by atoms with Crippen LogP contribution in [0.25, 0.3) is 0 Å². The van der Waals surface area contributed by atoms with E-state index in [0.717, 1.165) is 28.5 Å². The fourth-order valence-corrected chi connectivity index (χ4v) is 2.65. The number of nitrogens with zero attached hydrogens (tertiary/aromatic N) is 2. The average Bonchev–Trinajstić information content (AvgIpc) is 2.98. The minimum atomic E-state index is 0.0765. The fraction of sp³-hybridized carbons (Fsp3) is 0.500. The van der Waals surface area contributed by atoms with Crippen molar-refractivity contribution in [2.45, 2.75) is 24.1 Å². The lowest BCUT2D eigenvalue weighted by Crippen LogP contribution is -2.12. The van der Waals surface area contributed by atoms with Crippen LogP contribution in [-0.4, -0.2) is 21.9 Å². The van der Waals surface area contributed by atoms with Gasteiger partial charge in [0.2, 0.25) is 11.0 Å². The van der Waals surface area contributed by atoms with Crippen molar-refractivity contribution < 1.29 is 4.79 Å². The summed E-state index contributed by atoms with van der Waals surface area (Å²) in [5, 5.41) is 11.3. The van der Waals surface area contributed by atoms with Gasteiger partial charge in [0.1, 0.15) is 0 Å². The SMILES string of the molecule is C=C(C)CSc1nnc(NC(=O)C2CC2)s1. The Labute approximate surface area is 103 Å². The maximum absolute atomic E-state index is 11.5. The maximum Gasteiger partial charge on any atom is 0.229 e. The number of thioether (sulfide) groups is 1. The smallest absolute Gasteiger partial charge is 0.229 e. The molecule has 0 radical (unpaired) electrons. The summed E-state index contributed by atoms with van der Waals surface area (Å²) in [6, 6.07) is 0. The van der Waals surface area contributed by atoms with Gasteiger partial charge < -0.3 is 5.32 Å². The minimum Gasteiger partial charge on any atom is -0.300 e. The van der Waals surface area contributed by atoms with Gasteiger partial charge in [0.05, 0.1) is 0 Å². The van der Waals surface area contributed by atoms with Crippen LogP contribution < -0.4 is 5.32 Å². The lowest BCUT2D eigenvalue weighted by Gasteiger charge is -1.96. The average molecular weight is 255 g/mol. The van der Waals surface area contributed by atoms with Gasteiger partial charge in [-0.05, 0) is 19.8 Å². The molecule has 0 spiro atoms. The van der Waals surface area contributed by atoms with Gasteiger partial charge in [0.15, 0.2) is 4.34 Å². The number of amides is 1. The number of carbonyl (C=O) groups excluding carboxylic acids is 1. The molecule has 16 heavy (non-hydrogen) atoms. The largest absolute Gasteiger partial charge is 0.300 e. The molecule has 1 fully saturated rings. The van der Waals surface area contributed by atoms with E-state index in [0.29, 0.717) is 5.13 Å². The zero-order valence-electron chi connectivity index (χ0n) is 9.02. The summed E-state index contributed by atoms with van der Waals surface area (Å²) in [7, 11) is 0. The molecule has 1 aliphatic rings. The highest BCUT2D eigenvalue weighted by molar-refractivity contribution is 8.01. The van der Waals surface area contributed by atoms with Crippen molar-refractivity contribution in [3.63, 3.8) is 0 Å². The molecule has 1 N–H and O–H groups in total. The standard InChI is InChI=1S/C10H13N3OS2/c1-6(2)5-15-10-13-12-9(16-10)11-8(14)7-3-4-7/h7H,1,3-5H2,2H3,(H,11,12,14). The number of carbonyl (C=O) groups is 1. The molecule has 0 bridgehead atoms. The van der Waals surface area contributed by atoms with E-state index in [1.807, 2.05) is 6.92 Å².